The highest BCUT2D eigenvalue weighted by Gasteiger charge is 2.23. The first kappa shape index (κ1) is 15.5. The third-order valence-corrected chi connectivity index (χ3v) is 3.87. The minimum absolute atomic E-state index is 0.364. The third kappa shape index (κ3) is 5.38. The third-order valence-electron chi connectivity index (χ3n) is 3.87. The molecule has 1 atom stereocenters. The number of carbonyl (C=O) groups excluding carboxylic acids is 1. The molecule has 3 heteroatoms. The summed E-state index contributed by atoms with van der Waals surface area (Å²) < 4.78 is 0. The first-order chi connectivity index (χ1) is 8.79. The van der Waals surface area contributed by atoms with Crippen LogP contribution in [0.15, 0.2) is 0 Å². The molecule has 1 fully saturated rings. The van der Waals surface area contributed by atoms with E-state index >= 15 is 0 Å². The van der Waals surface area contributed by atoms with Crippen LogP contribution >= 0.6 is 0 Å². The Morgan fingerprint density at radius 3 is 2.61 bits per heavy atom. The zero-order valence-electron chi connectivity index (χ0n) is 12.2. The predicted molar refractivity (Wildman–Crippen MR) is 76.7 cm³/mol. The molecule has 0 radical (unpaired) electrons. The summed E-state index contributed by atoms with van der Waals surface area (Å²) in [5.41, 5.74) is 0. The van der Waals surface area contributed by atoms with Crippen molar-refractivity contribution >= 4 is 5.91 Å². The van der Waals surface area contributed by atoms with E-state index in [0.717, 1.165) is 32.5 Å². The molecule has 0 bridgehead atoms. The molecule has 1 saturated heterocycles. The van der Waals surface area contributed by atoms with Crippen LogP contribution in [-0.4, -0.2) is 36.5 Å². The number of rotatable bonds is 8. The molecule has 0 spiro atoms. The summed E-state index contributed by atoms with van der Waals surface area (Å²) in [5, 5.41) is 3.39. The van der Waals surface area contributed by atoms with Gasteiger partial charge in [-0.25, -0.2) is 0 Å². The number of piperidine rings is 1. The Hall–Kier alpha value is -0.570. The average Bonchev–Trinajstić information content (AvgIpc) is 2.40. The molecule has 0 saturated carbocycles. The van der Waals surface area contributed by atoms with Gasteiger partial charge in [0, 0.05) is 25.6 Å². The van der Waals surface area contributed by atoms with E-state index in [1.165, 1.54) is 38.5 Å². The molecule has 1 N–H and O–H groups in total. The topological polar surface area (TPSA) is 32.3 Å². The molecule has 1 aliphatic heterocycles. The number of carbonyl (C=O) groups is 1. The van der Waals surface area contributed by atoms with E-state index in [1.54, 1.807) is 0 Å². The molecule has 1 heterocycles. The second-order valence-corrected chi connectivity index (χ2v) is 5.34. The van der Waals surface area contributed by atoms with E-state index in [4.69, 9.17) is 0 Å². The van der Waals surface area contributed by atoms with Gasteiger partial charge in [-0.3, -0.25) is 4.79 Å². The molecule has 1 amide bonds. The second-order valence-electron chi connectivity index (χ2n) is 5.34. The molecule has 3 nitrogen and oxygen atoms in total. The van der Waals surface area contributed by atoms with Crippen molar-refractivity contribution in [1.82, 2.24) is 10.2 Å². The normalized spacial score (nSPS) is 19.8. The minimum atomic E-state index is 0.364. The summed E-state index contributed by atoms with van der Waals surface area (Å²) in [6.07, 6.45) is 9.23. The SMILES string of the molecule is CCCCCCCC(=O)N(CC)C1CCCNC1. The maximum Gasteiger partial charge on any atom is 0.222 e. The maximum absolute atomic E-state index is 12.2. The summed E-state index contributed by atoms with van der Waals surface area (Å²) in [6, 6.07) is 0.437. The van der Waals surface area contributed by atoms with E-state index in [-0.39, 0.29) is 0 Å². The highest BCUT2D eigenvalue weighted by molar-refractivity contribution is 5.76. The molecule has 1 unspecified atom stereocenters. The van der Waals surface area contributed by atoms with E-state index in [1.807, 2.05) is 0 Å². The summed E-state index contributed by atoms with van der Waals surface area (Å²) in [6.45, 7) is 7.28. The number of amides is 1. The number of hydrogen-bond acceptors (Lipinski definition) is 2. The highest BCUT2D eigenvalue weighted by atomic mass is 16.2. The Morgan fingerprint density at radius 2 is 2.00 bits per heavy atom. The zero-order chi connectivity index (χ0) is 13.2. The standard InChI is InChI=1S/C15H30N2O/c1-3-5-6-7-8-11-15(18)17(4-2)14-10-9-12-16-13-14/h14,16H,3-13H2,1-2H3. The fraction of sp³-hybridized carbons (Fsp3) is 0.933. The monoisotopic (exact) mass is 254 g/mol. The Balaban J connectivity index is 2.23. The van der Waals surface area contributed by atoms with Gasteiger partial charge < -0.3 is 10.2 Å². The molecule has 0 aromatic heterocycles. The first-order valence-electron chi connectivity index (χ1n) is 7.79. The van der Waals surface area contributed by atoms with Crippen LogP contribution in [0, 0.1) is 0 Å². The van der Waals surface area contributed by atoms with Crippen LogP contribution in [0.2, 0.25) is 0 Å². The van der Waals surface area contributed by atoms with Crippen LogP contribution in [0.3, 0.4) is 0 Å². The Morgan fingerprint density at radius 1 is 1.22 bits per heavy atom. The van der Waals surface area contributed by atoms with Crippen molar-refractivity contribution in [1.29, 1.82) is 0 Å². The Kier molecular flexibility index (Phi) is 8.06. The van der Waals surface area contributed by atoms with E-state index in [2.05, 4.69) is 24.1 Å². The lowest BCUT2D eigenvalue weighted by Gasteiger charge is -2.34. The van der Waals surface area contributed by atoms with Gasteiger partial charge in [-0.15, -0.1) is 0 Å². The number of unbranched alkanes of at least 4 members (excludes halogenated alkanes) is 4. The van der Waals surface area contributed by atoms with Crippen LogP contribution in [0.25, 0.3) is 0 Å². The van der Waals surface area contributed by atoms with Crippen molar-refractivity contribution in [2.75, 3.05) is 19.6 Å². The summed E-state index contributed by atoms with van der Waals surface area (Å²) >= 11 is 0. The molecular formula is C15H30N2O. The number of likely N-dealkylation sites (N-methyl/N-ethyl adjacent to an activating group) is 1. The zero-order valence-corrected chi connectivity index (χ0v) is 12.2. The van der Waals surface area contributed by atoms with E-state index in [0.29, 0.717) is 11.9 Å². The van der Waals surface area contributed by atoms with Crippen LogP contribution in [0.1, 0.15) is 65.2 Å². The van der Waals surface area contributed by atoms with Crippen LogP contribution in [0.4, 0.5) is 0 Å². The minimum Gasteiger partial charge on any atom is -0.339 e. The quantitative estimate of drug-likeness (QED) is 0.675. The van der Waals surface area contributed by atoms with Crippen molar-refractivity contribution in [2.45, 2.75) is 71.3 Å². The Bertz CT molecular complexity index is 225. The Labute approximate surface area is 112 Å². The van der Waals surface area contributed by atoms with Gasteiger partial charge in [0.1, 0.15) is 0 Å². The summed E-state index contributed by atoms with van der Waals surface area (Å²) in [7, 11) is 0. The molecular weight excluding hydrogens is 224 g/mol. The van der Waals surface area contributed by atoms with Gasteiger partial charge >= 0.3 is 0 Å². The fourth-order valence-electron chi connectivity index (χ4n) is 2.76. The molecule has 0 aromatic rings. The van der Waals surface area contributed by atoms with E-state index < -0.39 is 0 Å². The largest absolute Gasteiger partial charge is 0.339 e. The van der Waals surface area contributed by atoms with Gasteiger partial charge in [-0.2, -0.15) is 0 Å². The first-order valence-corrected chi connectivity index (χ1v) is 7.79. The van der Waals surface area contributed by atoms with Gasteiger partial charge in [0.25, 0.3) is 0 Å². The second kappa shape index (κ2) is 9.37. The summed E-state index contributed by atoms with van der Waals surface area (Å²) in [5.74, 6) is 0.364. The molecule has 1 aliphatic rings. The maximum atomic E-state index is 12.2. The molecule has 0 aliphatic carbocycles. The van der Waals surface area contributed by atoms with Crippen LogP contribution in [-0.2, 0) is 4.79 Å². The molecule has 106 valence electrons. The van der Waals surface area contributed by atoms with Crippen molar-refractivity contribution in [2.24, 2.45) is 0 Å². The lowest BCUT2D eigenvalue weighted by molar-refractivity contribution is -0.133. The van der Waals surface area contributed by atoms with E-state index in [9.17, 15) is 4.79 Å². The van der Waals surface area contributed by atoms with Gasteiger partial charge in [-0.05, 0) is 32.7 Å². The van der Waals surface area contributed by atoms with Gasteiger partial charge in [0.2, 0.25) is 5.91 Å². The van der Waals surface area contributed by atoms with Crippen molar-refractivity contribution in [3.63, 3.8) is 0 Å². The lowest BCUT2D eigenvalue weighted by Crippen LogP contribution is -2.48. The van der Waals surface area contributed by atoms with Crippen molar-refractivity contribution in [3.05, 3.63) is 0 Å². The van der Waals surface area contributed by atoms with Gasteiger partial charge in [0.15, 0.2) is 0 Å². The summed E-state index contributed by atoms with van der Waals surface area (Å²) in [4.78, 5) is 14.3. The van der Waals surface area contributed by atoms with Crippen LogP contribution < -0.4 is 5.32 Å². The number of hydrogen-bond donors (Lipinski definition) is 1. The molecule has 0 aromatic carbocycles. The molecule has 18 heavy (non-hydrogen) atoms. The van der Waals surface area contributed by atoms with Gasteiger partial charge in [0.05, 0.1) is 0 Å². The van der Waals surface area contributed by atoms with Crippen molar-refractivity contribution < 1.29 is 4.79 Å². The smallest absolute Gasteiger partial charge is 0.222 e. The number of nitrogens with zero attached hydrogens (tertiary/aromatic N) is 1. The predicted octanol–water partition coefficient (Wildman–Crippen LogP) is 2.95. The van der Waals surface area contributed by atoms with Gasteiger partial charge in [-0.1, -0.05) is 32.6 Å². The number of nitrogens with one attached hydrogen (secondary N) is 1. The average molecular weight is 254 g/mol. The highest BCUT2D eigenvalue weighted by Crippen LogP contribution is 2.13. The molecule has 1 rings (SSSR count). The van der Waals surface area contributed by atoms with Crippen LogP contribution in [0.5, 0.6) is 0 Å². The lowest BCUT2D eigenvalue weighted by atomic mass is 10.0. The van der Waals surface area contributed by atoms with Crippen molar-refractivity contribution in [3.8, 4) is 0 Å². The fourth-order valence-corrected chi connectivity index (χ4v) is 2.76.